The van der Waals surface area contributed by atoms with Crippen molar-refractivity contribution in [2.24, 2.45) is 0 Å². The Morgan fingerprint density at radius 1 is 1.50 bits per heavy atom. The van der Waals surface area contributed by atoms with Gasteiger partial charge in [0.05, 0.1) is 17.7 Å². The van der Waals surface area contributed by atoms with Crippen molar-refractivity contribution in [2.75, 3.05) is 0 Å². The first-order valence-corrected chi connectivity index (χ1v) is 6.43. The zero-order valence-electron chi connectivity index (χ0n) is 9.31. The maximum atomic E-state index is 11.9. The number of hydrogen-bond donors (Lipinski definition) is 1. The molecule has 0 radical (unpaired) electrons. The lowest BCUT2D eigenvalue weighted by Gasteiger charge is -2.04. The zero-order valence-corrected chi connectivity index (χ0v) is 10.9. The second kappa shape index (κ2) is 5.67. The molecule has 0 saturated heterocycles. The SMILES string of the molecule is C#Cc1cc(Cl)cc(C(=O)NCc2cscn2)c1. The van der Waals surface area contributed by atoms with Crippen LogP contribution >= 0.6 is 22.9 Å². The first-order chi connectivity index (χ1) is 8.69. The molecule has 0 atom stereocenters. The summed E-state index contributed by atoms with van der Waals surface area (Å²) in [6.45, 7) is 0.389. The highest BCUT2D eigenvalue weighted by Gasteiger charge is 2.08. The molecule has 0 fully saturated rings. The van der Waals surface area contributed by atoms with Crippen LogP contribution in [0.1, 0.15) is 21.6 Å². The Morgan fingerprint density at radius 3 is 3.00 bits per heavy atom. The molecule has 1 aromatic carbocycles. The van der Waals surface area contributed by atoms with Gasteiger partial charge in [-0.05, 0) is 18.2 Å². The number of amides is 1. The predicted octanol–water partition coefficient (Wildman–Crippen LogP) is 2.71. The second-order valence-corrected chi connectivity index (χ2v) is 4.69. The molecule has 90 valence electrons. The van der Waals surface area contributed by atoms with Gasteiger partial charge in [0.25, 0.3) is 5.91 Å². The lowest BCUT2D eigenvalue weighted by Crippen LogP contribution is -2.23. The van der Waals surface area contributed by atoms with E-state index in [0.29, 0.717) is 22.7 Å². The summed E-state index contributed by atoms with van der Waals surface area (Å²) in [6.07, 6.45) is 5.29. The van der Waals surface area contributed by atoms with Gasteiger partial charge in [0.2, 0.25) is 0 Å². The maximum Gasteiger partial charge on any atom is 0.251 e. The average molecular weight is 277 g/mol. The van der Waals surface area contributed by atoms with Crippen molar-refractivity contribution in [2.45, 2.75) is 6.54 Å². The number of carbonyl (C=O) groups excluding carboxylic acids is 1. The molecule has 1 aromatic heterocycles. The van der Waals surface area contributed by atoms with E-state index < -0.39 is 0 Å². The fourth-order valence-corrected chi connectivity index (χ4v) is 2.20. The topological polar surface area (TPSA) is 42.0 Å². The molecule has 1 amide bonds. The molecule has 0 saturated carbocycles. The Balaban J connectivity index is 2.09. The van der Waals surface area contributed by atoms with Crippen LogP contribution in [0.15, 0.2) is 29.1 Å². The van der Waals surface area contributed by atoms with Gasteiger partial charge in [-0.15, -0.1) is 17.8 Å². The largest absolute Gasteiger partial charge is 0.346 e. The molecular formula is C13H9ClN2OS. The summed E-state index contributed by atoms with van der Waals surface area (Å²) >= 11 is 7.37. The van der Waals surface area contributed by atoms with E-state index in [9.17, 15) is 4.79 Å². The quantitative estimate of drug-likeness (QED) is 0.876. The molecule has 18 heavy (non-hydrogen) atoms. The minimum Gasteiger partial charge on any atom is -0.346 e. The van der Waals surface area contributed by atoms with E-state index in [2.05, 4.69) is 16.2 Å². The Bertz CT molecular complexity index is 602. The molecule has 2 rings (SSSR count). The highest BCUT2D eigenvalue weighted by atomic mass is 35.5. The standard InChI is InChI=1S/C13H9ClN2OS/c1-2-9-3-10(5-11(14)4-9)13(17)15-6-12-7-18-8-16-12/h1,3-5,7-8H,6H2,(H,15,17). The van der Waals surface area contributed by atoms with Crippen LogP contribution in [0, 0.1) is 12.3 Å². The predicted molar refractivity (Wildman–Crippen MR) is 72.7 cm³/mol. The van der Waals surface area contributed by atoms with Crippen molar-refractivity contribution in [3.63, 3.8) is 0 Å². The Kier molecular flexibility index (Phi) is 3.98. The van der Waals surface area contributed by atoms with Crippen molar-refractivity contribution in [3.8, 4) is 12.3 Å². The van der Waals surface area contributed by atoms with Crippen molar-refractivity contribution >= 4 is 28.8 Å². The summed E-state index contributed by atoms with van der Waals surface area (Å²) in [5.74, 6) is 2.24. The fraction of sp³-hybridized carbons (Fsp3) is 0.0769. The summed E-state index contributed by atoms with van der Waals surface area (Å²) < 4.78 is 0. The van der Waals surface area contributed by atoms with Crippen LogP contribution in [0.3, 0.4) is 0 Å². The highest BCUT2D eigenvalue weighted by Crippen LogP contribution is 2.14. The van der Waals surface area contributed by atoms with E-state index in [1.54, 1.807) is 23.7 Å². The smallest absolute Gasteiger partial charge is 0.251 e. The van der Waals surface area contributed by atoms with Gasteiger partial charge in [-0.3, -0.25) is 4.79 Å². The molecule has 3 nitrogen and oxygen atoms in total. The van der Waals surface area contributed by atoms with Crippen LogP contribution in [-0.4, -0.2) is 10.9 Å². The van der Waals surface area contributed by atoms with Crippen LogP contribution < -0.4 is 5.32 Å². The van der Waals surface area contributed by atoms with Crippen LogP contribution in [0.2, 0.25) is 5.02 Å². The molecule has 0 aliphatic heterocycles. The average Bonchev–Trinajstić information content (AvgIpc) is 2.88. The number of benzene rings is 1. The number of hydrogen-bond acceptors (Lipinski definition) is 3. The highest BCUT2D eigenvalue weighted by molar-refractivity contribution is 7.07. The summed E-state index contributed by atoms with van der Waals surface area (Å²) in [5, 5.41) is 5.09. The number of nitrogens with one attached hydrogen (secondary N) is 1. The summed E-state index contributed by atoms with van der Waals surface area (Å²) in [7, 11) is 0. The van der Waals surface area contributed by atoms with Gasteiger partial charge in [-0.25, -0.2) is 4.98 Å². The molecule has 1 heterocycles. The van der Waals surface area contributed by atoms with Crippen LogP contribution in [0.4, 0.5) is 0 Å². The maximum absolute atomic E-state index is 11.9. The van der Waals surface area contributed by atoms with Crippen molar-refractivity contribution < 1.29 is 4.79 Å². The van der Waals surface area contributed by atoms with Crippen LogP contribution in [-0.2, 0) is 6.54 Å². The molecular weight excluding hydrogens is 268 g/mol. The molecule has 1 N–H and O–H groups in total. The Morgan fingerprint density at radius 2 is 2.33 bits per heavy atom. The molecule has 0 bridgehead atoms. The molecule has 5 heteroatoms. The van der Waals surface area contributed by atoms with Gasteiger partial charge in [0.1, 0.15) is 0 Å². The van der Waals surface area contributed by atoms with Gasteiger partial charge in [-0.1, -0.05) is 17.5 Å². The summed E-state index contributed by atoms with van der Waals surface area (Å²) in [4.78, 5) is 16.0. The zero-order chi connectivity index (χ0) is 13.0. The lowest BCUT2D eigenvalue weighted by atomic mass is 10.1. The van der Waals surface area contributed by atoms with E-state index >= 15 is 0 Å². The summed E-state index contributed by atoms with van der Waals surface area (Å²) in [5.41, 5.74) is 3.58. The monoisotopic (exact) mass is 276 g/mol. The number of nitrogens with zero attached hydrogens (tertiary/aromatic N) is 1. The first-order valence-electron chi connectivity index (χ1n) is 5.11. The van der Waals surface area contributed by atoms with E-state index in [4.69, 9.17) is 18.0 Å². The fourth-order valence-electron chi connectivity index (χ4n) is 1.40. The Labute approximate surface area is 114 Å². The number of aromatic nitrogens is 1. The number of carbonyl (C=O) groups is 1. The van der Waals surface area contributed by atoms with Crippen molar-refractivity contribution in [1.29, 1.82) is 0 Å². The van der Waals surface area contributed by atoms with E-state index in [0.717, 1.165) is 5.69 Å². The van der Waals surface area contributed by atoms with Gasteiger partial charge in [0.15, 0.2) is 0 Å². The minimum absolute atomic E-state index is 0.220. The van der Waals surface area contributed by atoms with Crippen molar-refractivity contribution in [1.82, 2.24) is 10.3 Å². The molecule has 0 aliphatic rings. The third kappa shape index (κ3) is 3.10. The van der Waals surface area contributed by atoms with E-state index in [1.807, 2.05) is 5.38 Å². The molecule has 0 unspecified atom stereocenters. The summed E-state index contributed by atoms with van der Waals surface area (Å²) in [6, 6.07) is 4.85. The minimum atomic E-state index is -0.220. The number of terminal acetylenes is 1. The number of halogens is 1. The first kappa shape index (κ1) is 12.6. The van der Waals surface area contributed by atoms with E-state index in [1.165, 1.54) is 11.3 Å². The molecule has 2 aromatic rings. The second-order valence-electron chi connectivity index (χ2n) is 3.54. The third-order valence-corrected chi connectivity index (χ3v) is 3.09. The van der Waals surface area contributed by atoms with Crippen LogP contribution in [0.25, 0.3) is 0 Å². The van der Waals surface area contributed by atoms with Gasteiger partial charge >= 0.3 is 0 Å². The van der Waals surface area contributed by atoms with Crippen LogP contribution in [0.5, 0.6) is 0 Å². The van der Waals surface area contributed by atoms with Crippen molar-refractivity contribution in [3.05, 3.63) is 50.9 Å². The molecule has 0 aliphatic carbocycles. The van der Waals surface area contributed by atoms with E-state index in [-0.39, 0.29) is 5.91 Å². The normalized spacial score (nSPS) is 9.78. The number of thiazole rings is 1. The molecule has 0 spiro atoms. The Hall–Kier alpha value is -1.83. The third-order valence-electron chi connectivity index (χ3n) is 2.24. The van der Waals surface area contributed by atoms with Gasteiger partial charge in [0, 0.05) is 21.5 Å². The lowest BCUT2D eigenvalue weighted by molar-refractivity contribution is 0.0950. The van der Waals surface area contributed by atoms with Gasteiger partial charge < -0.3 is 5.32 Å². The van der Waals surface area contributed by atoms with Gasteiger partial charge in [-0.2, -0.15) is 0 Å². The number of rotatable bonds is 3.